The Labute approximate surface area is 95.4 Å². The SMILES string of the molecule is N#CC1(c2ccc(Cl)c(C(F)(F)F)c2)CC1. The lowest BCUT2D eigenvalue weighted by molar-refractivity contribution is -0.137. The van der Waals surface area contributed by atoms with E-state index >= 15 is 0 Å². The van der Waals surface area contributed by atoms with Crippen molar-refractivity contribution >= 4 is 11.6 Å². The van der Waals surface area contributed by atoms with Gasteiger partial charge in [0.05, 0.1) is 22.1 Å². The van der Waals surface area contributed by atoms with Gasteiger partial charge in [-0.15, -0.1) is 0 Å². The van der Waals surface area contributed by atoms with Crippen LogP contribution in [0, 0.1) is 11.3 Å². The fraction of sp³-hybridized carbons (Fsp3) is 0.364. The van der Waals surface area contributed by atoms with Gasteiger partial charge in [-0.3, -0.25) is 0 Å². The first-order chi connectivity index (χ1) is 7.39. The molecule has 0 saturated heterocycles. The van der Waals surface area contributed by atoms with E-state index in [1.165, 1.54) is 12.1 Å². The van der Waals surface area contributed by atoms with Gasteiger partial charge in [0.15, 0.2) is 0 Å². The van der Waals surface area contributed by atoms with E-state index in [4.69, 9.17) is 16.9 Å². The van der Waals surface area contributed by atoms with Gasteiger partial charge in [0.1, 0.15) is 0 Å². The first-order valence-corrected chi connectivity index (χ1v) is 5.05. The van der Waals surface area contributed by atoms with Crippen molar-refractivity contribution in [3.8, 4) is 6.07 Å². The Kier molecular flexibility index (Phi) is 2.39. The van der Waals surface area contributed by atoms with Crippen molar-refractivity contribution in [1.82, 2.24) is 0 Å². The second-order valence-corrected chi connectivity index (χ2v) is 4.29. The topological polar surface area (TPSA) is 23.8 Å². The van der Waals surface area contributed by atoms with Crippen molar-refractivity contribution < 1.29 is 13.2 Å². The summed E-state index contributed by atoms with van der Waals surface area (Å²) in [5, 5.41) is 8.58. The quantitative estimate of drug-likeness (QED) is 0.736. The molecule has 0 aromatic heterocycles. The summed E-state index contributed by atoms with van der Waals surface area (Å²) in [6, 6.07) is 5.74. The van der Waals surface area contributed by atoms with Gasteiger partial charge in [0, 0.05) is 0 Å². The number of rotatable bonds is 1. The third-order valence-corrected chi connectivity index (χ3v) is 3.12. The number of nitrogens with zero attached hydrogens (tertiary/aromatic N) is 1. The molecule has 0 spiro atoms. The second-order valence-electron chi connectivity index (χ2n) is 3.89. The molecule has 0 atom stereocenters. The van der Waals surface area contributed by atoms with Gasteiger partial charge in [0.25, 0.3) is 0 Å². The van der Waals surface area contributed by atoms with Crippen LogP contribution in [-0.2, 0) is 11.6 Å². The van der Waals surface area contributed by atoms with Gasteiger partial charge in [-0.05, 0) is 30.5 Å². The number of nitriles is 1. The fourth-order valence-electron chi connectivity index (χ4n) is 1.63. The first kappa shape index (κ1) is 11.3. The molecule has 1 nitrogen and oxygen atoms in total. The van der Waals surface area contributed by atoms with Crippen molar-refractivity contribution in [3.05, 3.63) is 34.3 Å². The average Bonchev–Trinajstić information content (AvgIpc) is 2.97. The summed E-state index contributed by atoms with van der Waals surface area (Å²) in [6.07, 6.45) is -3.25. The van der Waals surface area contributed by atoms with Crippen LogP contribution in [0.1, 0.15) is 24.0 Å². The average molecular weight is 246 g/mol. The van der Waals surface area contributed by atoms with Crippen molar-refractivity contribution in [3.63, 3.8) is 0 Å². The van der Waals surface area contributed by atoms with Crippen molar-refractivity contribution in [2.75, 3.05) is 0 Å². The molecule has 0 heterocycles. The summed E-state index contributed by atoms with van der Waals surface area (Å²) >= 11 is 5.49. The highest BCUT2D eigenvalue weighted by Crippen LogP contribution is 2.49. The van der Waals surface area contributed by atoms with E-state index in [0.717, 1.165) is 6.07 Å². The minimum atomic E-state index is -4.47. The molecule has 0 bridgehead atoms. The van der Waals surface area contributed by atoms with E-state index in [1.807, 2.05) is 0 Å². The maximum Gasteiger partial charge on any atom is 0.417 e. The van der Waals surface area contributed by atoms with E-state index in [2.05, 4.69) is 6.07 Å². The lowest BCUT2D eigenvalue weighted by atomic mass is 9.96. The molecule has 0 aliphatic heterocycles. The van der Waals surface area contributed by atoms with Crippen molar-refractivity contribution in [1.29, 1.82) is 5.26 Å². The highest BCUT2D eigenvalue weighted by molar-refractivity contribution is 6.31. The molecule has 2 rings (SSSR count). The maximum absolute atomic E-state index is 12.6. The summed E-state index contributed by atoms with van der Waals surface area (Å²) in [6.45, 7) is 0. The van der Waals surface area contributed by atoms with Gasteiger partial charge in [-0.2, -0.15) is 18.4 Å². The van der Waals surface area contributed by atoms with Crippen LogP contribution in [0.25, 0.3) is 0 Å². The number of hydrogen-bond donors (Lipinski definition) is 0. The first-order valence-electron chi connectivity index (χ1n) is 4.67. The molecule has 16 heavy (non-hydrogen) atoms. The Hall–Kier alpha value is -1.21. The largest absolute Gasteiger partial charge is 0.417 e. The van der Waals surface area contributed by atoms with E-state index < -0.39 is 17.2 Å². The van der Waals surface area contributed by atoms with E-state index in [9.17, 15) is 13.2 Å². The van der Waals surface area contributed by atoms with Crippen molar-refractivity contribution in [2.45, 2.75) is 24.4 Å². The fourth-order valence-corrected chi connectivity index (χ4v) is 1.85. The molecule has 1 fully saturated rings. The summed E-state index contributed by atoms with van der Waals surface area (Å²) in [5.41, 5.74) is -1.18. The molecule has 5 heteroatoms. The van der Waals surface area contributed by atoms with Gasteiger partial charge >= 0.3 is 6.18 Å². The highest BCUT2D eigenvalue weighted by Gasteiger charge is 2.46. The summed E-state index contributed by atoms with van der Waals surface area (Å²) in [4.78, 5) is 0. The van der Waals surface area contributed by atoms with Crippen LogP contribution in [0.5, 0.6) is 0 Å². The van der Waals surface area contributed by atoms with Crippen LogP contribution in [0.15, 0.2) is 18.2 Å². The molecule has 84 valence electrons. The monoisotopic (exact) mass is 245 g/mol. The normalized spacial score (nSPS) is 17.9. The molecule has 0 N–H and O–H groups in total. The number of hydrogen-bond acceptors (Lipinski definition) is 1. The van der Waals surface area contributed by atoms with Gasteiger partial charge in [-0.1, -0.05) is 17.7 Å². The Balaban J connectivity index is 2.49. The van der Waals surface area contributed by atoms with Crippen molar-refractivity contribution in [2.24, 2.45) is 0 Å². The standard InChI is InChI=1S/C11H7ClF3N/c12-9-2-1-7(10(6-16)3-4-10)5-8(9)11(13,14)15/h1-2,5H,3-4H2. The Morgan fingerprint density at radius 2 is 1.94 bits per heavy atom. The van der Waals surface area contributed by atoms with E-state index in [-0.39, 0.29) is 5.02 Å². The minimum absolute atomic E-state index is 0.329. The molecule has 1 aliphatic carbocycles. The highest BCUT2D eigenvalue weighted by atomic mass is 35.5. The Bertz CT molecular complexity index is 469. The van der Waals surface area contributed by atoms with Crippen LogP contribution in [0.3, 0.4) is 0 Å². The number of benzene rings is 1. The van der Waals surface area contributed by atoms with Gasteiger partial charge < -0.3 is 0 Å². The molecule has 1 aliphatic rings. The van der Waals surface area contributed by atoms with Crippen LogP contribution in [0.2, 0.25) is 5.02 Å². The smallest absolute Gasteiger partial charge is 0.197 e. The Morgan fingerprint density at radius 3 is 2.38 bits per heavy atom. The number of halogens is 4. The van der Waals surface area contributed by atoms with E-state index in [0.29, 0.717) is 18.4 Å². The van der Waals surface area contributed by atoms with Crippen LogP contribution in [0.4, 0.5) is 13.2 Å². The molecular weight excluding hydrogens is 239 g/mol. The van der Waals surface area contributed by atoms with Crippen LogP contribution < -0.4 is 0 Å². The third-order valence-electron chi connectivity index (χ3n) is 2.79. The lowest BCUT2D eigenvalue weighted by Gasteiger charge is -2.12. The summed E-state index contributed by atoms with van der Waals surface area (Å²) in [5.74, 6) is 0. The second kappa shape index (κ2) is 3.39. The molecule has 1 aromatic carbocycles. The third kappa shape index (κ3) is 1.76. The predicted octanol–water partition coefficient (Wildman–Crippen LogP) is 3.91. The molecule has 0 radical (unpaired) electrons. The predicted molar refractivity (Wildman–Crippen MR) is 53.0 cm³/mol. The zero-order chi connectivity index (χ0) is 12.0. The molecular formula is C11H7ClF3N. The summed E-state index contributed by atoms with van der Waals surface area (Å²) < 4.78 is 37.7. The Morgan fingerprint density at radius 1 is 1.31 bits per heavy atom. The zero-order valence-electron chi connectivity index (χ0n) is 8.11. The molecule has 1 aromatic rings. The van der Waals surface area contributed by atoms with Crippen LogP contribution >= 0.6 is 11.6 Å². The minimum Gasteiger partial charge on any atom is -0.197 e. The van der Waals surface area contributed by atoms with Gasteiger partial charge in [0.2, 0.25) is 0 Å². The van der Waals surface area contributed by atoms with Crippen LogP contribution in [-0.4, -0.2) is 0 Å². The molecule has 0 unspecified atom stereocenters. The molecule has 1 saturated carbocycles. The lowest BCUT2D eigenvalue weighted by Crippen LogP contribution is -2.10. The van der Waals surface area contributed by atoms with Gasteiger partial charge in [-0.25, -0.2) is 0 Å². The van der Waals surface area contributed by atoms with E-state index in [1.54, 1.807) is 0 Å². The maximum atomic E-state index is 12.6. The molecule has 0 amide bonds. The summed E-state index contributed by atoms with van der Waals surface area (Å²) in [7, 11) is 0. The zero-order valence-corrected chi connectivity index (χ0v) is 8.86. The number of alkyl halides is 3.